The predicted octanol–water partition coefficient (Wildman–Crippen LogP) is 6.07. The zero-order valence-electron chi connectivity index (χ0n) is 21.0. The Balaban J connectivity index is 1.41. The number of thiazole rings is 1. The highest BCUT2D eigenvalue weighted by Crippen LogP contribution is 2.54. The van der Waals surface area contributed by atoms with Crippen molar-refractivity contribution in [1.29, 1.82) is 0 Å². The molecule has 0 bridgehead atoms. The van der Waals surface area contributed by atoms with Gasteiger partial charge >= 0.3 is 4.87 Å². The number of thioether (sulfide) groups is 1. The molecule has 6 rings (SSSR count). The van der Waals surface area contributed by atoms with Crippen LogP contribution in [0.2, 0.25) is 5.02 Å². The fourth-order valence-electron chi connectivity index (χ4n) is 5.20. The van der Waals surface area contributed by atoms with Gasteiger partial charge in [-0.25, -0.2) is 4.90 Å². The summed E-state index contributed by atoms with van der Waals surface area (Å²) in [7, 11) is 0. The summed E-state index contributed by atoms with van der Waals surface area (Å²) in [4.78, 5) is 55.5. The van der Waals surface area contributed by atoms with Crippen LogP contribution in [0.5, 0.6) is 0 Å². The van der Waals surface area contributed by atoms with Crippen LogP contribution in [0.25, 0.3) is 0 Å². The lowest BCUT2D eigenvalue weighted by Crippen LogP contribution is -2.33. The van der Waals surface area contributed by atoms with E-state index in [-0.39, 0.29) is 29.1 Å². The number of anilines is 2. The second-order valence-corrected chi connectivity index (χ2v) is 13.1. The van der Waals surface area contributed by atoms with E-state index in [9.17, 15) is 19.2 Å². The number of fused-ring (bicyclic) bond motifs is 2. The van der Waals surface area contributed by atoms with Crippen molar-refractivity contribution in [2.24, 2.45) is 5.92 Å². The van der Waals surface area contributed by atoms with E-state index in [2.05, 4.69) is 21.2 Å². The first-order valence-corrected chi connectivity index (χ1v) is 15.2. The summed E-state index contributed by atoms with van der Waals surface area (Å²) in [5, 5.41) is 3.16. The quantitative estimate of drug-likeness (QED) is 0.264. The molecule has 2 aliphatic heterocycles. The van der Waals surface area contributed by atoms with Gasteiger partial charge in [0.05, 0.1) is 16.6 Å². The lowest BCUT2D eigenvalue weighted by Gasteiger charge is -2.30. The number of amides is 3. The SMILES string of the molecule is Cc1cccc(NC(=O)Cn2c3c(sc2=O)C(c2ccc(Cl)cc2)C2C(=O)N(c4ccc(Br)cc4)C(=O)C2S3)c1. The number of rotatable bonds is 5. The summed E-state index contributed by atoms with van der Waals surface area (Å²) >= 11 is 11.8. The molecule has 202 valence electrons. The Hall–Kier alpha value is -3.18. The minimum absolute atomic E-state index is 0.213. The van der Waals surface area contributed by atoms with Gasteiger partial charge in [-0.15, -0.1) is 0 Å². The van der Waals surface area contributed by atoms with Crippen LogP contribution in [0.15, 0.2) is 87.1 Å². The number of carbonyl (C=O) groups is 3. The molecule has 0 spiro atoms. The zero-order chi connectivity index (χ0) is 28.1. The number of halogens is 2. The maximum atomic E-state index is 13.9. The molecule has 11 heteroatoms. The van der Waals surface area contributed by atoms with Crippen LogP contribution in [0, 0.1) is 12.8 Å². The van der Waals surface area contributed by atoms with E-state index in [1.807, 2.05) is 37.3 Å². The Bertz CT molecular complexity index is 1720. The van der Waals surface area contributed by atoms with Gasteiger partial charge in [-0.1, -0.05) is 74.9 Å². The Morgan fingerprint density at radius 1 is 1.00 bits per heavy atom. The third-order valence-corrected chi connectivity index (χ3v) is 10.4. The minimum atomic E-state index is -0.760. The van der Waals surface area contributed by atoms with E-state index >= 15 is 0 Å². The number of hydrogen-bond donors (Lipinski definition) is 1. The molecule has 0 aliphatic carbocycles. The second kappa shape index (κ2) is 10.7. The largest absolute Gasteiger partial charge is 0.325 e. The van der Waals surface area contributed by atoms with Crippen molar-refractivity contribution in [2.75, 3.05) is 10.2 Å². The molecule has 0 radical (unpaired) electrons. The van der Waals surface area contributed by atoms with Gasteiger partial charge < -0.3 is 5.32 Å². The number of carbonyl (C=O) groups excluding carboxylic acids is 3. The smallest absolute Gasteiger partial charge is 0.308 e. The summed E-state index contributed by atoms with van der Waals surface area (Å²) in [6, 6.07) is 21.5. The standard InChI is InChI=1S/C29H21BrClN3O4S2/c1-15-3-2-4-19(13-15)32-21(35)14-33-28-25(40-29(33)38)22(16-5-9-18(31)10-6-16)23-24(39-28)27(37)34(26(23)36)20-11-7-17(30)8-12-20/h2-13,22-24H,14H2,1H3,(H,32,35). The van der Waals surface area contributed by atoms with Crippen LogP contribution in [0.1, 0.15) is 21.9 Å². The molecule has 0 saturated carbocycles. The molecule has 3 aromatic carbocycles. The third kappa shape index (κ3) is 4.83. The highest BCUT2D eigenvalue weighted by molar-refractivity contribution is 9.10. The first kappa shape index (κ1) is 27.0. The van der Waals surface area contributed by atoms with Gasteiger partial charge in [0.2, 0.25) is 17.7 Å². The molecule has 3 amide bonds. The van der Waals surface area contributed by atoms with E-state index in [4.69, 9.17) is 11.6 Å². The van der Waals surface area contributed by atoms with E-state index < -0.39 is 17.1 Å². The highest BCUT2D eigenvalue weighted by Gasteiger charge is 2.56. The maximum Gasteiger partial charge on any atom is 0.308 e. The monoisotopic (exact) mass is 653 g/mol. The normalized spacial score (nSPS) is 19.9. The van der Waals surface area contributed by atoms with Crippen LogP contribution < -0.4 is 15.1 Å². The lowest BCUT2D eigenvalue weighted by molar-refractivity contribution is -0.122. The fourth-order valence-corrected chi connectivity index (χ4v) is 8.36. The summed E-state index contributed by atoms with van der Waals surface area (Å²) in [5.74, 6) is -2.29. The van der Waals surface area contributed by atoms with Crippen LogP contribution in [-0.4, -0.2) is 27.5 Å². The van der Waals surface area contributed by atoms with Crippen LogP contribution in [-0.2, 0) is 20.9 Å². The first-order valence-electron chi connectivity index (χ1n) is 12.4. The Morgan fingerprint density at radius 3 is 2.42 bits per heavy atom. The number of nitrogens with one attached hydrogen (secondary N) is 1. The Labute approximate surface area is 251 Å². The summed E-state index contributed by atoms with van der Waals surface area (Å²) in [6.07, 6.45) is 0. The molecule has 2 aliphatic rings. The van der Waals surface area contributed by atoms with Crippen molar-refractivity contribution in [3.8, 4) is 0 Å². The molecule has 1 N–H and O–H groups in total. The van der Waals surface area contributed by atoms with Crippen LogP contribution in [0.4, 0.5) is 11.4 Å². The number of nitrogens with zero attached hydrogens (tertiary/aromatic N) is 2. The van der Waals surface area contributed by atoms with Crippen molar-refractivity contribution in [3.63, 3.8) is 0 Å². The maximum absolute atomic E-state index is 13.9. The van der Waals surface area contributed by atoms with Gasteiger partial charge in [0, 0.05) is 26.0 Å². The molecule has 1 saturated heterocycles. The molecule has 1 aromatic heterocycles. The molecule has 3 atom stereocenters. The molecule has 1 fully saturated rings. The first-order chi connectivity index (χ1) is 19.2. The van der Waals surface area contributed by atoms with Gasteiger partial charge in [-0.05, 0) is 66.6 Å². The van der Waals surface area contributed by atoms with E-state index in [0.717, 1.165) is 26.9 Å². The molecule has 3 heterocycles. The van der Waals surface area contributed by atoms with Crippen molar-refractivity contribution < 1.29 is 14.4 Å². The number of benzene rings is 3. The summed E-state index contributed by atoms with van der Waals surface area (Å²) in [6.45, 7) is 1.71. The van der Waals surface area contributed by atoms with Crippen molar-refractivity contribution >= 4 is 79.7 Å². The van der Waals surface area contributed by atoms with Crippen molar-refractivity contribution in [1.82, 2.24) is 4.57 Å². The van der Waals surface area contributed by atoms with Crippen LogP contribution >= 0.6 is 50.6 Å². The van der Waals surface area contributed by atoms with Gasteiger partial charge in [0.1, 0.15) is 11.8 Å². The number of aromatic nitrogens is 1. The van der Waals surface area contributed by atoms with Crippen LogP contribution in [0.3, 0.4) is 0 Å². The molecular weight excluding hydrogens is 634 g/mol. The predicted molar refractivity (Wildman–Crippen MR) is 161 cm³/mol. The average Bonchev–Trinajstić information content (AvgIpc) is 3.36. The van der Waals surface area contributed by atoms with Gasteiger partial charge in [-0.2, -0.15) is 0 Å². The molecule has 3 unspecified atom stereocenters. The summed E-state index contributed by atoms with van der Waals surface area (Å²) < 4.78 is 2.24. The fraction of sp³-hybridized carbons (Fsp3) is 0.172. The molecule has 40 heavy (non-hydrogen) atoms. The van der Waals surface area contributed by atoms with E-state index in [0.29, 0.717) is 26.3 Å². The molecule has 4 aromatic rings. The van der Waals surface area contributed by atoms with Crippen molar-refractivity contribution in [3.05, 3.63) is 108 Å². The van der Waals surface area contributed by atoms with E-state index in [1.54, 1.807) is 42.5 Å². The van der Waals surface area contributed by atoms with Gasteiger partial charge in [0.15, 0.2) is 0 Å². The van der Waals surface area contributed by atoms with Gasteiger partial charge in [-0.3, -0.25) is 23.7 Å². The van der Waals surface area contributed by atoms with Gasteiger partial charge in [0.25, 0.3) is 0 Å². The average molecular weight is 655 g/mol. The highest BCUT2D eigenvalue weighted by atomic mass is 79.9. The molecular formula is C29H21BrClN3O4S2. The number of imide groups is 1. The van der Waals surface area contributed by atoms with Crippen molar-refractivity contribution in [2.45, 2.75) is 29.7 Å². The third-order valence-electron chi connectivity index (χ3n) is 6.97. The Kier molecular flexibility index (Phi) is 7.20. The topological polar surface area (TPSA) is 88.5 Å². The minimum Gasteiger partial charge on any atom is -0.325 e. The zero-order valence-corrected chi connectivity index (χ0v) is 24.9. The second-order valence-electron chi connectivity index (χ2n) is 9.62. The summed E-state index contributed by atoms with van der Waals surface area (Å²) in [5.41, 5.74) is 2.89. The number of aryl methyl sites for hydroxylation is 1. The van der Waals surface area contributed by atoms with E-state index in [1.165, 1.54) is 21.2 Å². The lowest BCUT2D eigenvalue weighted by atomic mass is 9.83. The molecule has 7 nitrogen and oxygen atoms in total. The number of hydrogen-bond acceptors (Lipinski definition) is 6. The Morgan fingerprint density at radius 2 is 1.73 bits per heavy atom.